The Morgan fingerprint density at radius 3 is 2.83 bits per heavy atom. The summed E-state index contributed by atoms with van der Waals surface area (Å²) in [5.41, 5.74) is 7.97. The van der Waals surface area contributed by atoms with Crippen molar-refractivity contribution in [2.45, 2.75) is 12.8 Å². The molecule has 0 bridgehead atoms. The molecule has 0 amide bonds. The van der Waals surface area contributed by atoms with Gasteiger partial charge in [-0.1, -0.05) is 18.2 Å². The molecule has 0 aliphatic carbocycles. The molecule has 2 aromatic rings. The van der Waals surface area contributed by atoms with Gasteiger partial charge in [0.1, 0.15) is 5.75 Å². The van der Waals surface area contributed by atoms with Crippen LogP contribution in [0.15, 0.2) is 36.7 Å². The van der Waals surface area contributed by atoms with Gasteiger partial charge in [-0.15, -0.1) is 0 Å². The average molecular weight is 243 g/mol. The Kier molecular flexibility index (Phi) is 4.25. The normalized spacial score (nSPS) is 12.8. The maximum atomic E-state index is 5.76. The van der Waals surface area contributed by atoms with E-state index in [4.69, 9.17) is 4.74 Å². The van der Waals surface area contributed by atoms with Crippen molar-refractivity contribution in [2.24, 2.45) is 5.73 Å². The second-order valence-electron chi connectivity index (χ2n) is 3.88. The van der Waals surface area contributed by atoms with Gasteiger partial charge in [0, 0.05) is 11.1 Å². The van der Waals surface area contributed by atoms with E-state index < -0.39 is 0 Å². The zero-order chi connectivity index (χ0) is 12.8. The topological polar surface area (TPSA) is 61.0 Å². The number of aromatic nitrogens is 2. The van der Waals surface area contributed by atoms with Gasteiger partial charge in [-0.3, -0.25) is 0 Å². The van der Waals surface area contributed by atoms with Crippen LogP contribution in [0.2, 0.25) is 0 Å². The molecular formula is C14H17N3O. The van der Waals surface area contributed by atoms with Crippen LogP contribution in [-0.4, -0.2) is 23.9 Å². The SMILES string of the molecule is CN.c1cc2c(c(-c3ccnnc3)c1)OCCC2. The summed E-state index contributed by atoms with van der Waals surface area (Å²) in [4.78, 5) is 0. The van der Waals surface area contributed by atoms with E-state index in [2.05, 4.69) is 34.1 Å². The quantitative estimate of drug-likeness (QED) is 0.832. The molecule has 2 heterocycles. The van der Waals surface area contributed by atoms with Crippen molar-refractivity contribution in [1.82, 2.24) is 10.2 Å². The van der Waals surface area contributed by atoms with Gasteiger partial charge in [0.15, 0.2) is 0 Å². The van der Waals surface area contributed by atoms with Crippen LogP contribution in [0.1, 0.15) is 12.0 Å². The molecule has 1 aliphatic heterocycles. The molecule has 0 spiro atoms. The first kappa shape index (κ1) is 12.5. The fourth-order valence-electron chi connectivity index (χ4n) is 2.07. The number of hydrogen-bond donors (Lipinski definition) is 1. The first-order valence-corrected chi connectivity index (χ1v) is 6.04. The van der Waals surface area contributed by atoms with E-state index >= 15 is 0 Å². The number of nitrogens with zero attached hydrogens (tertiary/aromatic N) is 2. The predicted octanol–water partition coefficient (Wildman–Crippen LogP) is 2.04. The Labute approximate surface area is 107 Å². The molecule has 0 saturated heterocycles. The molecule has 2 N–H and O–H groups in total. The lowest BCUT2D eigenvalue weighted by Gasteiger charge is -2.20. The van der Waals surface area contributed by atoms with E-state index in [1.807, 2.05) is 6.07 Å². The largest absolute Gasteiger partial charge is 0.493 e. The number of aryl methyl sites for hydroxylation is 1. The Bertz CT molecular complexity index is 500. The van der Waals surface area contributed by atoms with Gasteiger partial charge in [-0.2, -0.15) is 10.2 Å². The summed E-state index contributed by atoms with van der Waals surface area (Å²) in [6, 6.07) is 8.23. The molecule has 1 aromatic carbocycles. The molecule has 4 nitrogen and oxygen atoms in total. The molecule has 1 aliphatic rings. The van der Waals surface area contributed by atoms with Crippen LogP contribution in [0.5, 0.6) is 5.75 Å². The Balaban J connectivity index is 0.000000574. The number of para-hydroxylation sites is 1. The van der Waals surface area contributed by atoms with Crippen LogP contribution in [0.3, 0.4) is 0 Å². The molecule has 18 heavy (non-hydrogen) atoms. The molecule has 0 unspecified atom stereocenters. The van der Waals surface area contributed by atoms with Gasteiger partial charge in [0.05, 0.1) is 19.0 Å². The molecular weight excluding hydrogens is 226 g/mol. The standard InChI is InChI=1S/C13H12N2O.CH5N/c1-3-10-4-2-8-16-13(10)12(5-1)11-6-7-14-15-9-11;1-2/h1,3,5-7,9H,2,4,8H2;2H2,1H3. The third-order valence-electron chi connectivity index (χ3n) is 2.83. The third-order valence-corrected chi connectivity index (χ3v) is 2.83. The van der Waals surface area contributed by atoms with E-state index in [0.29, 0.717) is 0 Å². The molecule has 0 saturated carbocycles. The highest BCUT2D eigenvalue weighted by Crippen LogP contribution is 2.35. The van der Waals surface area contributed by atoms with Crippen molar-refractivity contribution in [3.05, 3.63) is 42.2 Å². The predicted molar refractivity (Wildman–Crippen MR) is 71.4 cm³/mol. The minimum Gasteiger partial charge on any atom is -0.493 e. The fraction of sp³-hybridized carbons (Fsp3) is 0.286. The van der Waals surface area contributed by atoms with Crippen molar-refractivity contribution < 1.29 is 4.74 Å². The van der Waals surface area contributed by atoms with Crippen LogP contribution < -0.4 is 10.5 Å². The molecule has 94 valence electrons. The maximum Gasteiger partial charge on any atom is 0.130 e. The number of ether oxygens (including phenoxy) is 1. The molecule has 1 aromatic heterocycles. The summed E-state index contributed by atoms with van der Waals surface area (Å²) in [5.74, 6) is 1.02. The molecule has 4 heteroatoms. The second-order valence-corrected chi connectivity index (χ2v) is 3.88. The van der Waals surface area contributed by atoms with Gasteiger partial charge >= 0.3 is 0 Å². The van der Waals surface area contributed by atoms with Crippen molar-refractivity contribution >= 4 is 0 Å². The maximum absolute atomic E-state index is 5.76. The number of benzene rings is 1. The number of fused-ring (bicyclic) bond motifs is 1. The first-order valence-electron chi connectivity index (χ1n) is 6.04. The summed E-state index contributed by atoms with van der Waals surface area (Å²) < 4.78 is 5.76. The van der Waals surface area contributed by atoms with Crippen molar-refractivity contribution in [3.63, 3.8) is 0 Å². The van der Waals surface area contributed by atoms with E-state index in [1.165, 1.54) is 12.6 Å². The number of hydrogen-bond acceptors (Lipinski definition) is 4. The number of nitrogens with two attached hydrogens (primary N) is 1. The van der Waals surface area contributed by atoms with Crippen LogP contribution in [0, 0.1) is 0 Å². The fourth-order valence-corrected chi connectivity index (χ4v) is 2.07. The Morgan fingerprint density at radius 2 is 2.06 bits per heavy atom. The minimum absolute atomic E-state index is 0.808. The molecule has 3 rings (SSSR count). The molecule has 0 fully saturated rings. The van der Waals surface area contributed by atoms with Crippen molar-refractivity contribution in [1.29, 1.82) is 0 Å². The lowest BCUT2D eigenvalue weighted by atomic mass is 9.99. The number of rotatable bonds is 1. The second kappa shape index (κ2) is 6.12. The highest BCUT2D eigenvalue weighted by Gasteiger charge is 2.15. The van der Waals surface area contributed by atoms with E-state index in [1.54, 1.807) is 12.4 Å². The zero-order valence-electron chi connectivity index (χ0n) is 10.5. The zero-order valence-corrected chi connectivity index (χ0v) is 10.5. The van der Waals surface area contributed by atoms with Crippen LogP contribution in [0.4, 0.5) is 0 Å². The van der Waals surface area contributed by atoms with Crippen molar-refractivity contribution in [2.75, 3.05) is 13.7 Å². The molecule has 0 atom stereocenters. The third kappa shape index (κ3) is 2.49. The van der Waals surface area contributed by atoms with Crippen molar-refractivity contribution in [3.8, 4) is 16.9 Å². The summed E-state index contributed by atoms with van der Waals surface area (Å²) in [7, 11) is 1.50. The highest BCUT2D eigenvalue weighted by atomic mass is 16.5. The molecule has 0 radical (unpaired) electrons. The van der Waals surface area contributed by atoms with E-state index in [9.17, 15) is 0 Å². The first-order chi connectivity index (χ1) is 8.95. The highest BCUT2D eigenvalue weighted by molar-refractivity contribution is 5.71. The Hall–Kier alpha value is -1.94. The van der Waals surface area contributed by atoms with Gasteiger partial charge in [0.2, 0.25) is 0 Å². The van der Waals surface area contributed by atoms with Crippen LogP contribution >= 0.6 is 0 Å². The lowest BCUT2D eigenvalue weighted by molar-refractivity contribution is 0.289. The minimum atomic E-state index is 0.808. The van der Waals surface area contributed by atoms with Crippen LogP contribution in [0.25, 0.3) is 11.1 Å². The summed E-state index contributed by atoms with van der Waals surface area (Å²) >= 11 is 0. The summed E-state index contributed by atoms with van der Waals surface area (Å²) in [6.07, 6.45) is 5.68. The van der Waals surface area contributed by atoms with Gasteiger partial charge < -0.3 is 10.5 Å². The summed E-state index contributed by atoms with van der Waals surface area (Å²) in [6.45, 7) is 0.808. The Morgan fingerprint density at radius 1 is 1.17 bits per heavy atom. The van der Waals surface area contributed by atoms with Gasteiger partial charge in [-0.05, 0) is 31.5 Å². The van der Waals surface area contributed by atoms with E-state index in [0.717, 1.165) is 36.3 Å². The summed E-state index contributed by atoms with van der Waals surface area (Å²) in [5, 5.41) is 7.70. The smallest absolute Gasteiger partial charge is 0.130 e. The lowest BCUT2D eigenvalue weighted by Crippen LogP contribution is -2.09. The average Bonchev–Trinajstić information content (AvgIpc) is 2.50. The van der Waals surface area contributed by atoms with E-state index in [-0.39, 0.29) is 0 Å². The van der Waals surface area contributed by atoms with Crippen LogP contribution in [-0.2, 0) is 6.42 Å². The van der Waals surface area contributed by atoms with Gasteiger partial charge in [0.25, 0.3) is 0 Å². The monoisotopic (exact) mass is 243 g/mol. The van der Waals surface area contributed by atoms with Gasteiger partial charge in [-0.25, -0.2) is 0 Å².